The van der Waals surface area contributed by atoms with E-state index in [0.717, 1.165) is 28.9 Å². The molecule has 0 bridgehead atoms. The van der Waals surface area contributed by atoms with Crippen LogP contribution in [0.25, 0.3) is 0 Å². The second-order valence-electron chi connectivity index (χ2n) is 5.78. The van der Waals surface area contributed by atoms with Crippen molar-refractivity contribution in [1.82, 2.24) is 0 Å². The maximum absolute atomic E-state index is 12.0. The molecule has 0 amide bonds. The summed E-state index contributed by atoms with van der Waals surface area (Å²) >= 11 is 0. The summed E-state index contributed by atoms with van der Waals surface area (Å²) in [5.74, 6) is 0.533. The number of carbonyl (C=O) groups is 1. The third-order valence-electron chi connectivity index (χ3n) is 4.22. The summed E-state index contributed by atoms with van der Waals surface area (Å²) < 4.78 is 10.9. The molecule has 0 aliphatic heterocycles. The van der Waals surface area contributed by atoms with Crippen LogP contribution < -0.4 is 4.74 Å². The second-order valence-corrected chi connectivity index (χ2v) is 5.78. The van der Waals surface area contributed by atoms with Crippen LogP contribution in [0.3, 0.4) is 0 Å². The van der Waals surface area contributed by atoms with Gasteiger partial charge in [0.1, 0.15) is 12.4 Å². The first-order valence-electron chi connectivity index (χ1n) is 7.87. The maximum Gasteiger partial charge on any atom is 0.338 e. The minimum atomic E-state index is -0.323. The van der Waals surface area contributed by atoms with Crippen molar-refractivity contribution in [3.63, 3.8) is 0 Å². The van der Waals surface area contributed by atoms with Gasteiger partial charge in [-0.1, -0.05) is 25.1 Å². The molecule has 0 saturated heterocycles. The van der Waals surface area contributed by atoms with E-state index in [-0.39, 0.29) is 5.97 Å². The van der Waals surface area contributed by atoms with Crippen LogP contribution in [0, 0.1) is 20.8 Å². The summed E-state index contributed by atoms with van der Waals surface area (Å²) in [7, 11) is 1.40. The van der Waals surface area contributed by atoms with E-state index < -0.39 is 0 Å². The monoisotopic (exact) mass is 312 g/mol. The van der Waals surface area contributed by atoms with E-state index in [1.165, 1.54) is 18.2 Å². The van der Waals surface area contributed by atoms with Crippen molar-refractivity contribution in [2.75, 3.05) is 7.11 Å². The van der Waals surface area contributed by atoms with E-state index in [2.05, 4.69) is 32.9 Å². The SMILES string of the molecule is CCc1cccc(C(=O)OC)c1COc1cc(C)c(C)cc1C. The molecule has 2 aromatic carbocycles. The molecule has 0 heterocycles. The summed E-state index contributed by atoms with van der Waals surface area (Å²) in [6.45, 7) is 8.63. The molecule has 0 saturated carbocycles. The molecule has 23 heavy (non-hydrogen) atoms. The average Bonchev–Trinajstić information content (AvgIpc) is 2.55. The van der Waals surface area contributed by atoms with Crippen LogP contribution in [0.5, 0.6) is 5.75 Å². The van der Waals surface area contributed by atoms with Crippen LogP contribution >= 0.6 is 0 Å². The average molecular weight is 312 g/mol. The molecule has 0 atom stereocenters. The summed E-state index contributed by atoms with van der Waals surface area (Å²) in [6, 6.07) is 9.87. The third-order valence-corrected chi connectivity index (χ3v) is 4.22. The van der Waals surface area contributed by atoms with Gasteiger partial charge in [-0.05, 0) is 61.6 Å². The van der Waals surface area contributed by atoms with Crippen molar-refractivity contribution in [1.29, 1.82) is 0 Å². The fourth-order valence-electron chi connectivity index (χ4n) is 2.68. The first-order valence-corrected chi connectivity index (χ1v) is 7.87. The number of hydrogen-bond donors (Lipinski definition) is 0. The summed E-state index contributed by atoms with van der Waals surface area (Å²) in [4.78, 5) is 12.0. The van der Waals surface area contributed by atoms with Crippen LogP contribution in [0.2, 0.25) is 0 Å². The Balaban J connectivity index is 2.33. The van der Waals surface area contributed by atoms with Crippen molar-refractivity contribution < 1.29 is 14.3 Å². The Labute approximate surface area is 138 Å². The standard InChI is InChI=1S/C20H24O3/c1-6-16-8-7-9-17(20(21)22-5)18(16)12-23-19-11-14(3)13(2)10-15(19)4/h7-11H,6,12H2,1-5H3. The van der Waals surface area contributed by atoms with E-state index in [4.69, 9.17) is 9.47 Å². The molecule has 2 aromatic rings. The van der Waals surface area contributed by atoms with Crippen molar-refractivity contribution in [2.45, 2.75) is 40.7 Å². The highest BCUT2D eigenvalue weighted by Crippen LogP contribution is 2.25. The zero-order valence-corrected chi connectivity index (χ0v) is 14.5. The van der Waals surface area contributed by atoms with Gasteiger partial charge in [0, 0.05) is 5.56 Å². The Hall–Kier alpha value is -2.29. The number of benzene rings is 2. The van der Waals surface area contributed by atoms with E-state index in [0.29, 0.717) is 12.2 Å². The van der Waals surface area contributed by atoms with E-state index in [9.17, 15) is 4.79 Å². The largest absolute Gasteiger partial charge is 0.489 e. The summed E-state index contributed by atoms with van der Waals surface area (Å²) in [5, 5.41) is 0. The van der Waals surface area contributed by atoms with Gasteiger partial charge in [0.25, 0.3) is 0 Å². The molecule has 3 heteroatoms. The van der Waals surface area contributed by atoms with Crippen molar-refractivity contribution >= 4 is 5.97 Å². The zero-order valence-electron chi connectivity index (χ0n) is 14.5. The van der Waals surface area contributed by atoms with Gasteiger partial charge in [-0.15, -0.1) is 0 Å². The molecular weight excluding hydrogens is 288 g/mol. The Bertz CT molecular complexity index is 717. The van der Waals surface area contributed by atoms with Crippen molar-refractivity contribution in [2.24, 2.45) is 0 Å². The number of esters is 1. The van der Waals surface area contributed by atoms with Crippen LogP contribution in [0.4, 0.5) is 0 Å². The fraction of sp³-hybridized carbons (Fsp3) is 0.350. The first kappa shape index (κ1) is 17.1. The molecule has 0 radical (unpaired) electrons. The highest BCUT2D eigenvalue weighted by molar-refractivity contribution is 5.91. The van der Waals surface area contributed by atoms with Gasteiger partial charge in [0.15, 0.2) is 0 Å². The number of hydrogen-bond acceptors (Lipinski definition) is 3. The van der Waals surface area contributed by atoms with Gasteiger partial charge < -0.3 is 9.47 Å². The van der Waals surface area contributed by atoms with Crippen LogP contribution in [-0.2, 0) is 17.8 Å². The first-order chi connectivity index (χ1) is 11.0. The Morgan fingerprint density at radius 1 is 1.04 bits per heavy atom. The fourth-order valence-corrected chi connectivity index (χ4v) is 2.68. The number of methoxy groups -OCH3 is 1. The summed E-state index contributed by atoms with van der Waals surface area (Å²) in [6.07, 6.45) is 0.843. The van der Waals surface area contributed by atoms with Gasteiger partial charge in [-0.25, -0.2) is 4.79 Å². The van der Waals surface area contributed by atoms with Crippen molar-refractivity contribution in [3.05, 3.63) is 63.7 Å². The topological polar surface area (TPSA) is 35.5 Å². The van der Waals surface area contributed by atoms with E-state index in [1.54, 1.807) is 6.07 Å². The lowest BCUT2D eigenvalue weighted by atomic mass is 9.99. The van der Waals surface area contributed by atoms with E-state index >= 15 is 0 Å². The van der Waals surface area contributed by atoms with Gasteiger partial charge in [-0.2, -0.15) is 0 Å². The third kappa shape index (κ3) is 3.73. The molecule has 0 N–H and O–H groups in total. The minimum absolute atomic E-state index is 0.323. The number of carbonyl (C=O) groups excluding carboxylic acids is 1. The number of aryl methyl sites for hydroxylation is 4. The molecule has 0 unspecified atom stereocenters. The lowest BCUT2D eigenvalue weighted by molar-refractivity contribution is 0.0597. The quantitative estimate of drug-likeness (QED) is 0.760. The Morgan fingerprint density at radius 3 is 2.39 bits per heavy atom. The Kier molecular flexibility index (Phi) is 5.43. The minimum Gasteiger partial charge on any atom is -0.489 e. The van der Waals surface area contributed by atoms with Crippen LogP contribution in [-0.4, -0.2) is 13.1 Å². The lowest BCUT2D eigenvalue weighted by Crippen LogP contribution is -2.11. The van der Waals surface area contributed by atoms with Gasteiger partial charge in [0.2, 0.25) is 0 Å². The normalized spacial score (nSPS) is 10.5. The second kappa shape index (κ2) is 7.32. The maximum atomic E-state index is 12.0. The molecule has 0 aliphatic rings. The molecule has 122 valence electrons. The molecule has 0 spiro atoms. The zero-order chi connectivity index (χ0) is 17.0. The summed E-state index contributed by atoms with van der Waals surface area (Å²) in [5.41, 5.74) is 6.13. The molecule has 0 aromatic heterocycles. The van der Waals surface area contributed by atoms with Gasteiger partial charge in [-0.3, -0.25) is 0 Å². The van der Waals surface area contributed by atoms with Gasteiger partial charge >= 0.3 is 5.97 Å². The lowest BCUT2D eigenvalue weighted by Gasteiger charge is -2.16. The predicted octanol–water partition coefficient (Wildman–Crippen LogP) is 4.54. The Morgan fingerprint density at radius 2 is 1.74 bits per heavy atom. The molecule has 2 rings (SSSR count). The predicted molar refractivity (Wildman–Crippen MR) is 92.1 cm³/mol. The van der Waals surface area contributed by atoms with Crippen LogP contribution in [0.15, 0.2) is 30.3 Å². The molecular formula is C20H24O3. The highest BCUT2D eigenvalue weighted by Gasteiger charge is 2.15. The smallest absolute Gasteiger partial charge is 0.338 e. The molecule has 0 aliphatic carbocycles. The molecule has 0 fully saturated rings. The molecule has 3 nitrogen and oxygen atoms in total. The van der Waals surface area contributed by atoms with Crippen molar-refractivity contribution in [3.8, 4) is 5.75 Å². The van der Waals surface area contributed by atoms with Gasteiger partial charge in [0.05, 0.1) is 12.7 Å². The number of rotatable bonds is 5. The van der Waals surface area contributed by atoms with Crippen LogP contribution in [0.1, 0.15) is 45.1 Å². The number of ether oxygens (including phenoxy) is 2. The van der Waals surface area contributed by atoms with E-state index in [1.807, 2.05) is 19.1 Å². The highest BCUT2D eigenvalue weighted by atomic mass is 16.5.